The molecule has 1 aliphatic rings. The summed E-state index contributed by atoms with van der Waals surface area (Å²) in [7, 11) is 0. The molecule has 0 atom stereocenters. The number of carbonyl (C=O) groups excluding carboxylic acids is 1. The maximum absolute atomic E-state index is 12.9. The normalized spacial score (nSPS) is 13.4. The van der Waals surface area contributed by atoms with Crippen molar-refractivity contribution in [1.29, 1.82) is 0 Å². The van der Waals surface area contributed by atoms with Crippen LogP contribution in [0.2, 0.25) is 0 Å². The van der Waals surface area contributed by atoms with Gasteiger partial charge in [0.15, 0.2) is 0 Å². The minimum Gasteiger partial charge on any atom is -0.345 e. The molecule has 1 aromatic heterocycles. The molecular weight excluding hydrogens is 334 g/mol. The highest BCUT2D eigenvalue weighted by atomic mass is 16.2. The number of aryl methyl sites for hydroxylation is 1. The molecule has 2 aromatic carbocycles. The number of amides is 2. The van der Waals surface area contributed by atoms with E-state index in [1.807, 2.05) is 42.2 Å². The molecule has 0 radical (unpaired) electrons. The third kappa shape index (κ3) is 4.40. The molecule has 4 nitrogen and oxygen atoms in total. The minimum absolute atomic E-state index is 0.0196. The third-order valence-corrected chi connectivity index (χ3v) is 5.00. The first-order valence-electron chi connectivity index (χ1n) is 9.51. The summed E-state index contributed by atoms with van der Waals surface area (Å²) in [5.41, 5.74) is 4.45. The van der Waals surface area contributed by atoms with Crippen LogP contribution in [0.15, 0.2) is 72.9 Å². The molecule has 4 heteroatoms. The number of anilines is 1. The molecule has 1 heterocycles. The molecule has 138 valence electrons. The van der Waals surface area contributed by atoms with Gasteiger partial charge in [0.1, 0.15) is 0 Å². The van der Waals surface area contributed by atoms with Crippen LogP contribution in [-0.4, -0.2) is 21.5 Å². The molecular formula is C23H25N3O. The molecule has 2 amide bonds. The standard InChI is InChI=1S/C23H25N3O/c1-18-9-11-20(12-10-18)24-23(27)26(21-13-14-21)17-22-8-5-15-25(22)16-19-6-3-2-4-7-19/h2-12,15,21H,13-14,16-17H2,1H3,(H,24,27). The quantitative estimate of drug-likeness (QED) is 0.658. The summed E-state index contributed by atoms with van der Waals surface area (Å²) in [5, 5.41) is 3.05. The van der Waals surface area contributed by atoms with Gasteiger partial charge < -0.3 is 14.8 Å². The Kier molecular flexibility index (Phi) is 4.97. The number of nitrogens with one attached hydrogen (secondary N) is 1. The van der Waals surface area contributed by atoms with Gasteiger partial charge in [-0.2, -0.15) is 0 Å². The molecule has 0 unspecified atom stereocenters. The van der Waals surface area contributed by atoms with Crippen molar-refractivity contribution in [3.8, 4) is 0 Å². The smallest absolute Gasteiger partial charge is 0.322 e. The molecule has 4 rings (SSSR count). The van der Waals surface area contributed by atoms with Crippen LogP contribution >= 0.6 is 0 Å². The number of urea groups is 1. The summed E-state index contributed by atoms with van der Waals surface area (Å²) >= 11 is 0. The molecule has 1 N–H and O–H groups in total. The van der Waals surface area contributed by atoms with E-state index in [2.05, 4.69) is 52.5 Å². The number of hydrogen-bond acceptors (Lipinski definition) is 1. The van der Waals surface area contributed by atoms with Crippen LogP contribution in [0.5, 0.6) is 0 Å². The fourth-order valence-electron chi connectivity index (χ4n) is 3.29. The van der Waals surface area contributed by atoms with Gasteiger partial charge in [-0.15, -0.1) is 0 Å². The van der Waals surface area contributed by atoms with Crippen LogP contribution in [0.1, 0.15) is 29.7 Å². The Bertz CT molecular complexity index is 895. The Morgan fingerprint density at radius 3 is 2.48 bits per heavy atom. The second kappa shape index (κ2) is 7.70. The molecule has 0 spiro atoms. The first kappa shape index (κ1) is 17.4. The van der Waals surface area contributed by atoms with Crippen LogP contribution in [0.25, 0.3) is 0 Å². The fourth-order valence-corrected chi connectivity index (χ4v) is 3.29. The van der Waals surface area contributed by atoms with Crippen LogP contribution in [0, 0.1) is 6.92 Å². The highest BCUT2D eigenvalue weighted by Crippen LogP contribution is 2.29. The van der Waals surface area contributed by atoms with Crippen molar-refractivity contribution in [2.45, 2.75) is 38.9 Å². The number of benzene rings is 2. The van der Waals surface area contributed by atoms with E-state index in [9.17, 15) is 4.79 Å². The van der Waals surface area contributed by atoms with Crippen molar-refractivity contribution in [3.63, 3.8) is 0 Å². The Morgan fingerprint density at radius 1 is 1.04 bits per heavy atom. The van der Waals surface area contributed by atoms with Crippen molar-refractivity contribution in [1.82, 2.24) is 9.47 Å². The highest BCUT2D eigenvalue weighted by molar-refractivity contribution is 5.89. The van der Waals surface area contributed by atoms with Crippen molar-refractivity contribution in [2.75, 3.05) is 5.32 Å². The van der Waals surface area contributed by atoms with Gasteiger partial charge in [-0.05, 0) is 49.6 Å². The summed E-state index contributed by atoms with van der Waals surface area (Å²) in [5.74, 6) is 0. The number of nitrogens with zero attached hydrogens (tertiary/aromatic N) is 2. The third-order valence-electron chi connectivity index (χ3n) is 5.00. The predicted octanol–water partition coefficient (Wildman–Crippen LogP) is 5.04. The average molecular weight is 359 g/mol. The van der Waals surface area contributed by atoms with E-state index in [-0.39, 0.29) is 6.03 Å². The Labute approximate surface area is 160 Å². The van der Waals surface area contributed by atoms with Gasteiger partial charge in [-0.1, -0.05) is 48.0 Å². The van der Waals surface area contributed by atoms with Gasteiger partial charge >= 0.3 is 6.03 Å². The zero-order valence-electron chi connectivity index (χ0n) is 15.6. The largest absolute Gasteiger partial charge is 0.345 e. The second-order valence-corrected chi connectivity index (χ2v) is 7.27. The number of hydrogen-bond donors (Lipinski definition) is 1. The van der Waals surface area contributed by atoms with Crippen molar-refractivity contribution in [3.05, 3.63) is 89.7 Å². The second-order valence-electron chi connectivity index (χ2n) is 7.27. The lowest BCUT2D eigenvalue weighted by Gasteiger charge is -2.24. The zero-order chi connectivity index (χ0) is 18.6. The maximum Gasteiger partial charge on any atom is 0.322 e. The molecule has 0 aliphatic heterocycles. The van der Waals surface area contributed by atoms with E-state index in [1.54, 1.807) is 0 Å². The number of rotatable bonds is 6. The summed E-state index contributed by atoms with van der Waals surface area (Å²) in [6.07, 6.45) is 4.26. The predicted molar refractivity (Wildman–Crippen MR) is 109 cm³/mol. The van der Waals surface area contributed by atoms with Crippen LogP contribution in [0.3, 0.4) is 0 Å². The van der Waals surface area contributed by atoms with Gasteiger partial charge in [0, 0.05) is 30.2 Å². The van der Waals surface area contributed by atoms with Crippen molar-refractivity contribution < 1.29 is 4.79 Å². The lowest BCUT2D eigenvalue weighted by Crippen LogP contribution is -2.36. The topological polar surface area (TPSA) is 37.3 Å². The van der Waals surface area contributed by atoms with Crippen molar-refractivity contribution >= 4 is 11.7 Å². The SMILES string of the molecule is Cc1ccc(NC(=O)N(Cc2cccn2Cc2ccccc2)C2CC2)cc1. The molecule has 27 heavy (non-hydrogen) atoms. The minimum atomic E-state index is -0.0196. The monoisotopic (exact) mass is 359 g/mol. The number of carbonyl (C=O) groups is 1. The molecule has 0 saturated heterocycles. The van der Waals surface area contributed by atoms with E-state index in [0.717, 1.165) is 30.8 Å². The van der Waals surface area contributed by atoms with Gasteiger partial charge in [-0.25, -0.2) is 4.79 Å². The van der Waals surface area contributed by atoms with E-state index in [0.29, 0.717) is 12.6 Å². The summed E-state index contributed by atoms with van der Waals surface area (Å²) in [6, 6.07) is 22.8. The first-order valence-corrected chi connectivity index (χ1v) is 9.51. The molecule has 3 aromatic rings. The Balaban J connectivity index is 1.47. The van der Waals surface area contributed by atoms with Gasteiger partial charge in [0.2, 0.25) is 0 Å². The maximum atomic E-state index is 12.9. The lowest BCUT2D eigenvalue weighted by molar-refractivity contribution is 0.204. The molecule has 1 fully saturated rings. The molecule has 0 bridgehead atoms. The van der Waals surface area contributed by atoms with Crippen LogP contribution in [0.4, 0.5) is 10.5 Å². The van der Waals surface area contributed by atoms with Crippen molar-refractivity contribution in [2.24, 2.45) is 0 Å². The fraction of sp³-hybridized carbons (Fsp3) is 0.261. The van der Waals surface area contributed by atoms with Gasteiger partial charge in [0.25, 0.3) is 0 Å². The van der Waals surface area contributed by atoms with Gasteiger partial charge in [-0.3, -0.25) is 0 Å². The lowest BCUT2D eigenvalue weighted by atomic mass is 10.2. The van der Waals surface area contributed by atoms with E-state index < -0.39 is 0 Å². The number of aromatic nitrogens is 1. The molecule has 1 aliphatic carbocycles. The van der Waals surface area contributed by atoms with Gasteiger partial charge in [0.05, 0.1) is 6.54 Å². The van der Waals surface area contributed by atoms with Crippen LogP contribution in [-0.2, 0) is 13.1 Å². The Hall–Kier alpha value is -3.01. The van der Waals surface area contributed by atoms with E-state index in [1.165, 1.54) is 11.1 Å². The average Bonchev–Trinajstić information content (AvgIpc) is 3.43. The summed E-state index contributed by atoms with van der Waals surface area (Å²) in [6.45, 7) is 3.49. The van der Waals surface area contributed by atoms with Crippen LogP contribution < -0.4 is 5.32 Å². The van der Waals surface area contributed by atoms with E-state index >= 15 is 0 Å². The molecule has 1 saturated carbocycles. The summed E-state index contributed by atoms with van der Waals surface area (Å²) < 4.78 is 2.23. The first-order chi connectivity index (χ1) is 13.2. The summed E-state index contributed by atoms with van der Waals surface area (Å²) in [4.78, 5) is 14.8. The highest BCUT2D eigenvalue weighted by Gasteiger charge is 2.33. The Morgan fingerprint density at radius 2 is 1.78 bits per heavy atom. The zero-order valence-corrected chi connectivity index (χ0v) is 15.6. The van der Waals surface area contributed by atoms with E-state index in [4.69, 9.17) is 0 Å².